The third kappa shape index (κ3) is 4.95. The molecule has 0 unspecified atom stereocenters. The van der Waals surface area contributed by atoms with Crippen LogP contribution >= 0.6 is 0 Å². The molecule has 2 aliphatic rings. The molecule has 138 valence electrons. The first-order valence-electron chi connectivity index (χ1n) is 9.48. The summed E-state index contributed by atoms with van der Waals surface area (Å²) < 4.78 is 5.57. The smallest absolute Gasteiger partial charge is 0.414 e. The van der Waals surface area contributed by atoms with Crippen molar-refractivity contribution in [2.75, 3.05) is 44.2 Å². The Kier molecular flexibility index (Phi) is 5.64. The second-order valence-corrected chi connectivity index (χ2v) is 8.04. The van der Waals surface area contributed by atoms with Crippen molar-refractivity contribution in [3.05, 3.63) is 29.3 Å². The van der Waals surface area contributed by atoms with Gasteiger partial charge in [0.05, 0.1) is 5.69 Å². The lowest BCUT2D eigenvalue weighted by Gasteiger charge is -2.32. The first-order valence-corrected chi connectivity index (χ1v) is 9.48. The van der Waals surface area contributed by atoms with Crippen molar-refractivity contribution in [2.45, 2.75) is 45.6 Å². The highest BCUT2D eigenvalue weighted by Gasteiger charge is 2.27. The van der Waals surface area contributed by atoms with E-state index in [1.807, 2.05) is 20.8 Å². The van der Waals surface area contributed by atoms with Gasteiger partial charge in [-0.2, -0.15) is 0 Å². The minimum Gasteiger partial charge on any atom is -0.443 e. The lowest BCUT2D eigenvalue weighted by molar-refractivity contribution is 0.0578. The quantitative estimate of drug-likeness (QED) is 0.915. The number of aryl methyl sites for hydroxylation is 1. The monoisotopic (exact) mass is 345 g/mol. The Balaban J connectivity index is 1.66. The van der Waals surface area contributed by atoms with Gasteiger partial charge in [-0.1, -0.05) is 12.1 Å². The van der Waals surface area contributed by atoms with E-state index in [2.05, 4.69) is 28.4 Å². The molecular formula is C20H31N3O2. The van der Waals surface area contributed by atoms with Crippen LogP contribution in [0.3, 0.4) is 0 Å². The molecule has 0 radical (unpaired) electrons. The van der Waals surface area contributed by atoms with E-state index in [4.69, 9.17) is 4.74 Å². The Labute approximate surface area is 151 Å². The van der Waals surface area contributed by atoms with Crippen molar-refractivity contribution >= 4 is 11.8 Å². The van der Waals surface area contributed by atoms with E-state index < -0.39 is 5.60 Å². The van der Waals surface area contributed by atoms with Crippen LogP contribution in [-0.2, 0) is 17.6 Å². The predicted molar refractivity (Wildman–Crippen MR) is 101 cm³/mol. The van der Waals surface area contributed by atoms with Gasteiger partial charge in [-0.15, -0.1) is 0 Å². The molecule has 0 atom stereocenters. The topological polar surface area (TPSA) is 44.8 Å². The number of hydrogen-bond acceptors (Lipinski definition) is 4. The summed E-state index contributed by atoms with van der Waals surface area (Å²) in [4.78, 5) is 16.8. The van der Waals surface area contributed by atoms with Crippen LogP contribution in [0.4, 0.5) is 10.5 Å². The lowest BCUT2D eigenvalue weighted by atomic mass is 9.98. The molecule has 0 aliphatic carbocycles. The summed E-state index contributed by atoms with van der Waals surface area (Å²) in [6.07, 6.45) is 2.87. The van der Waals surface area contributed by atoms with Crippen LogP contribution in [0.5, 0.6) is 0 Å². The third-order valence-electron chi connectivity index (χ3n) is 4.80. The number of carbonyl (C=O) groups is 1. The fourth-order valence-corrected chi connectivity index (χ4v) is 3.53. The summed E-state index contributed by atoms with van der Waals surface area (Å²) >= 11 is 0. The minimum absolute atomic E-state index is 0.234. The fourth-order valence-electron chi connectivity index (χ4n) is 3.53. The van der Waals surface area contributed by atoms with Gasteiger partial charge < -0.3 is 15.0 Å². The molecule has 0 aromatic heterocycles. The standard InChI is InChI=1S/C20H31N3O2/c1-20(2,3)25-19(24)23-11-4-5-17-15-16(6-7-18(17)23)8-12-22-13-9-21-10-14-22/h6-7,15,21H,4-5,8-14H2,1-3H3. The van der Waals surface area contributed by atoms with Crippen molar-refractivity contribution in [3.8, 4) is 0 Å². The van der Waals surface area contributed by atoms with Crippen LogP contribution < -0.4 is 10.2 Å². The Bertz CT molecular complexity index is 603. The molecule has 5 heteroatoms. The van der Waals surface area contributed by atoms with Gasteiger partial charge in [0, 0.05) is 39.3 Å². The SMILES string of the molecule is CC(C)(C)OC(=O)N1CCCc2cc(CCN3CCNCC3)ccc21. The lowest BCUT2D eigenvalue weighted by Crippen LogP contribution is -2.44. The highest BCUT2D eigenvalue weighted by atomic mass is 16.6. The number of ether oxygens (including phenoxy) is 1. The van der Waals surface area contributed by atoms with Gasteiger partial charge in [0.15, 0.2) is 0 Å². The Morgan fingerprint density at radius 2 is 1.96 bits per heavy atom. The van der Waals surface area contributed by atoms with Crippen molar-refractivity contribution < 1.29 is 9.53 Å². The zero-order chi connectivity index (χ0) is 17.9. The Morgan fingerprint density at radius 3 is 2.68 bits per heavy atom. The number of nitrogens with zero attached hydrogens (tertiary/aromatic N) is 2. The summed E-state index contributed by atoms with van der Waals surface area (Å²) in [5.74, 6) is 0. The van der Waals surface area contributed by atoms with E-state index in [0.29, 0.717) is 0 Å². The van der Waals surface area contributed by atoms with Crippen LogP contribution in [0.15, 0.2) is 18.2 Å². The van der Waals surface area contributed by atoms with Gasteiger partial charge in [0.1, 0.15) is 5.60 Å². The molecule has 2 aliphatic heterocycles. The molecule has 0 saturated carbocycles. The number of fused-ring (bicyclic) bond motifs is 1. The van der Waals surface area contributed by atoms with Crippen LogP contribution in [0.25, 0.3) is 0 Å². The predicted octanol–water partition coefficient (Wildman–Crippen LogP) is 2.82. The number of amides is 1. The maximum absolute atomic E-state index is 12.5. The third-order valence-corrected chi connectivity index (χ3v) is 4.80. The second kappa shape index (κ2) is 7.75. The average Bonchev–Trinajstić information content (AvgIpc) is 2.58. The molecule has 1 amide bonds. The maximum Gasteiger partial charge on any atom is 0.414 e. The zero-order valence-corrected chi connectivity index (χ0v) is 15.8. The molecule has 1 saturated heterocycles. The first kappa shape index (κ1) is 18.2. The number of anilines is 1. The van der Waals surface area contributed by atoms with Crippen LogP contribution in [0.2, 0.25) is 0 Å². The molecule has 3 rings (SSSR count). The molecular weight excluding hydrogens is 314 g/mol. The van der Waals surface area contributed by atoms with Gasteiger partial charge in [0.25, 0.3) is 0 Å². The maximum atomic E-state index is 12.5. The van der Waals surface area contributed by atoms with Crippen molar-refractivity contribution in [1.29, 1.82) is 0 Å². The van der Waals surface area contributed by atoms with Crippen LogP contribution in [-0.4, -0.2) is 55.9 Å². The van der Waals surface area contributed by atoms with Crippen molar-refractivity contribution in [2.24, 2.45) is 0 Å². The molecule has 2 heterocycles. The van der Waals surface area contributed by atoms with Gasteiger partial charge in [-0.25, -0.2) is 4.79 Å². The number of piperazine rings is 1. The number of rotatable bonds is 3. The van der Waals surface area contributed by atoms with E-state index in [-0.39, 0.29) is 6.09 Å². The number of hydrogen-bond donors (Lipinski definition) is 1. The van der Waals surface area contributed by atoms with Crippen LogP contribution in [0.1, 0.15) is 38.3 Å². The van der Waals surface area contributed by atoms with Gasteiger partial charge in [0.2, 0.25) is 0 Å². The van der Waals surface area contributed by atoms with Gasteiger partial charge >= 0.3 is 6.09 Å². The molecule has 25 heavy (non-hydrogen) atoms. The van der Waals surface area contributed by atoms with Crippen molar-refractivity contribution in [1.82, 2.24) is 10.2 Å². The molecule has 0 spiro atoms. The Hall–Kier alpha value is -1.59. The molecule has 5 nitrogen and oxygen atoms in total. The molecule has 1 N–H and O–H groups in total. The number of carbonyl (C=O) groups excluding carboxylic acids is 1. The van der Waals surface area contributed by atoms with E-state index in [1.54, 1.807) is 4.90 Å². The normalized spacial score (nSPS) is 18.8. The van der Waals surface area contributed by atoms with E-state index >= 15 is 0 Å². The molecule has 1 fully saturated rings. The molecule has 1 aromatic carbocycles. The number of benzene rings is 1. The number of nitrogens with one attached hydrogen (secondary N) is 1. The zero-order valence-electron chi connectivity index (χ0n) is 15.8. The highest BCUT2D eigenvalue weighted by Crippen LogP contribution is 2.29. The summed E-state index contributed by atoms with van der Waals surface area (Å²) in [5, 5.41) is 3.39. The summed E-state index contributed by atoms with van der Waals surface area (Å²) in [6, 6.07) is 6.56. The second-order valence-electron chi connectivity index (χ2n) is 8.04. The summed E-state index contributed by atoms with van der Waals surface area (Å²) in [6.45, 7) is 12.0. The average molecular weight is 345 g/mol. The molecule has 0 bridgehead atoms. The molecule has 1 aromatic rings. The van der Waals surface area contributed by atoms with E-state index in [1.165, 1.54) is 11.1 Å². The Morgan fingerprint density at radius 1 is 1.20 bits per heavy atom. The van der Waals surface area contributed by atoms with Gasteiger partial charge in [-0.3, -0.25) is 4.90 Å². The van der Waals surface area contributed by atoms with E-state index in [9.17, 15) is 4.79 Å². The van der Waals surface area contributed by atoms with Crippen LogP contribution in [0, 0.1) is 0 Å². The summed E-state index contributed by atoms with van der Waals surface area (Å²) in [7, 11) is 0. The first-order chi connectivity index (χ1) is 11.9. The fraction of sp³-hybridized carbons (Fsp3) is 0.650. The minimum atomic E-state index is -0.460. The van der Waals surface area contributed by atoms with Gasteiger partial charge in [-0.05, 0) is 57.2 Å². The van der Waals surface area contributed by atoms with E-state index in [0.717, 1.165) is 64.2 Å². The van der Waals surface area contributed by atoms with Crippen molar-refractivity contribution in [3.63, 3.8) is 0 Å². The largest absolute Gasteiger partial charge is 0.443 e. The summed E-state index contributed by atoms with van der Waals surface area (Å²) in [5.41, 5.74) is 3.20. The highest BCUT2D eigenvalue weighted by molar-refractivity contribution is 5.89.